The van der Waals surface area contributed by atoms with Crippen LogP contribution in [0.4, 0.5) is 4.39 Å². The van der Waals surface area contributed by atoms with Gasteiger partial charge in [0.05, 0.1) is 0 Å². The van der Waals surface area contributed by atoms with Crippen LogP contribution in [-0.4, -0.2) is 0 Å². The van der Waals surface area contributed by atoms with Crippen LogP contribution >= 0.6 is 12.2 Å². The minimum Gasteiger partial charge on any atom is -0.441 e. The van der Waals surface area contributed by atoms with Crippen LogP contribution in [0, 0.1) is 10.5 Å². The molecule has 1 aromatic heterocycles. The van der Waals surface area contributed by atoms with Crippen LogP contribution in [0.5, 0.6) is 0 Å². The third-order valence-corrected chi connectivity index (χ3v) is 6.94. The summed E-state index contributed by atoms with van der Waals surface area (Å²) in [4.78, 5) is 0. The molecule has 0 radical (unpaired) electrons. The summed E-state index contributed by atoms with van der Waals surface area (Å²) < 4.78 is 20.9. The number of fused-ring (bicyclic) bond motifs is 3. The Hall–Kier alpha value is -2.52. The number of halogens is 1. The fourth-order valence-corrected chi connectivity index (χ4v) is 4.86. The highest BCUT2D eigenvalue weighted by Crippen LogP contribution is 2.33. The van der Waals surface area contributed by atoms with E-state index in [1.54, 1.807) is 0 Å². The zero-order valence-electron chi connectivity index (χ0n) is 19.8. The molecule has 0 fully saturated rings. The Morgan fingerprint density at radius 2 is 1.39 bits per heavy atom. The van der Waals surface area contributed by atoms with Crippen molar-refractivity contribution in [1.29, 1.82) is 0 Å². The van der Waals surface area contributed by atoms with Crippen molar-refractivity contribution in [3.63, 3.8) is 0 Å². The van der Waals surface area contributed by atoms with Gasteiger partial charge in [-0.05, 0) is 65.2 Å². The Morgan fingerprint density at radius 3 is 2.12 bits per heavy atom. The maximum absolute atomic E-state index is 14.8. The van der Waals surface area contributed by atoms with Crippen molar-refractivity contribution in [3.05, 3.63) is 76.2 Å². The number of hydrogen-bond acceptors (Lipinski definition) is 2. The first-order valence-corrected chi connectivity index (χ1v) is 12.8. The van der Waals surface area contributed by atoms with Gasteiger partial charge in [-0.25, -0.2) is 4.39 Å². The van der Waals surface area contributed by atoms with E-state index in [9.17, 15) is 4.39 Å². The van der Waals surface area contributed by atoms with Crippen molar-refractivity contribution >= 4 is 34.0 Å². The SMILES string of the molecule is CCCCCCCCCc1ccc(-c2ccc3c(c2)c(=S)oc2c(F)c(CC)ccc23)cc1. The Balaban J connectivity index is 1.51. The Labute approximate surface area is 201 Å². The van der Waals surface area contributed by atoms with Gasteiger partial charge in [-0.3, -0.25) is 0 Å². The average Bonchev–Trinajstić information content (AvgIpc) is 2.84. The van der Waals surface area contributed by atoms with E-state index in [1.807, 2.05) is 25.1 Å². The van der Waals surface area contributed by atoms with E-state index in [2.05, 4.69) is 43.3 Å². The summed E-state index contributed by atoms with van der Waals surface area (Å²) in [6.45, 7) is 4.20. The Morgan fingerprint density at radius 1 is 0.727 bits per heavy atom. The van der Waals surface area contributed by atoms with Gasteiger partial charge < -0.3 is 4.42 Å². The Bertz CT molecular complexity index is 1290. The van der Waals surface area contributed by atoms with Crippen LogP contribution in [-0.2, 0) is 12.8 Å². The van der Waals surface area contributed by atoms with Crippen molar-refractivity contribution < 1.29 is 8.81 Å². The lowest BCUT2D eigenvalue weighted by molar-refractivity contribution is 0.540. The second-order valence-electron chi connectivity index (χ2n) is 8.99. The van der Waals surface area contributed by atoms with E-state index < -0.39 is 0 Å². The molecule has 0 amide bonds. The molecule has 0 atom stereocenters. The summed E-state index contributed by atoms with van der Waals surface area (Å²) in [6, 6.07) is 18.8. The number of rotatable bonds is 10. The van der Waals surface area contributed by atoms with E-state index in [-0.39, 0.29) is 11.4 Å². The van der Waals surface area contributed by atoms with Crippen LogP contribution in [0.15, 0.2) is 59.0 Å². The predicted molar refractivity (Wildman–Crippen MR) is 141 cm³/mol. The van der Waals surface area contributed by atoms with Gasteiger partial charge in [0.25, 0.3) is 0 Å². The maximum atomic E-state index is 14.8. The van der Waals surface area contributed by atoms with E-state index >= 15 is 0 Å². The van der Waals surface area contributed by atoms with Crippen LogP contribution in [0.25, 0.3) is 32.9 Å². The molecule has 0 saturated carbocycles. The molecule has 4 aromatic rings. The summed E-state index contributed by atoms with van der Waals surface area (Å²) in [7, 11) is 0. The lowest BCUT2D eigenvalue weighted by Crippen LogP contribution is -1.91. The molecule has 1 heterocycles. The highest BCUT2D eigenvalue weighted by Gasteiger charge is 2.13. The smallest absolute Gasteiger partial charge is 0.198 e. The van der Waals surface area contributed by atoms with Gasteiger partial charge in [0.2, 0.25) is 0 Å². The van der Waals surface area contributed by atoms with E-state index in [1.165, 1.54) is 50.5 Å². The monoisotopic (exact) mass is 460 g/mol. The summed E-state index contributed by atoms with van der Waals surface area (Å²) in [5.74, 6) is -0.302. The number of benzene rings is 3. The minimum atomic E-state index is -0.302. The normalized spacial score (nSPS) is 11.5. The number of hydrogen-bond donors (Lipinski definition) is 0. The highest BCUT2D eigenvalue weighted by atomic mass is 32.1. The van der Waals surface area contributed by atoms with Crippen LogP contribution in [0.2, 0.25) is 0 Å². The van der Waals surface area contributed by atoms with Gasteiger partial charge in [-0.2, -0.15) is 0 Å². The molecule has 0 N–H and O–H groups in total. The lowest BCUT2D eigenvalue weighted by atomic mass is 9.98. The van der Waals surface area contributed by atoms with Gasteiger partial charge in [-0.1, -0.05) is 101 Å². The molecule has 0 aliphatic rings. The fraction of sp³-hybridized carbons (Fsp3) is 0.367. The molecule has 0 unspecified atom stereocenters. The average molecular weight is 461 g/mol. The minimum absolute atomic E-state index is 0.259. The largest absolute Gasteiger partial charge is 0.441 e. The van der Waals surface area contributed by atoms with Crippen LogP contribution < -0.4 is 0 Å². The first-order valence-electron chi connectivity index (χ1n) is 12.4. The van der Waals surface area contributed by atoms with Crippen molar-refractivity contribution in [2.45, 2.75) is 71.6 Å². The third kappa shape index (κ3) is 5.35. The summed E-state index contributed by atoms with van der Waals surface area (Å²) >= 11 is 5.51. The zero-order chi connectivity index (χ0) is 23.2. The topological polar surface area (TPSA) is 13.1 Å². The Kier molecular flexibility index (Phi) is 7.93. The third-order valence-electron chi connectivity index (χ3n) is 6.64. The van der Waals surface area contributed by atoms with Crippen LogP contribution in [0.1, 0.15) is 69.9 Å². The molecular weight excluding hydrogens is 427 g/mol. The fourth-order valence-electron chi connectivity index (χ4n) is 4.61. The van der Waals surface area contributed by atoms with E-state index in [0.717, 1.165) is 33.7 Å². The standard InChI is InChI=1S/C30H33FOS/c1-3-5-6-7-8-9-10-11-21-12-14-23(15-13-21)24-17-18-25-26-19-16-22(4-2)28(31)29(26)32-30(33)27(25)20-24/h12-20H,3-11H2,1-2H3. The first-order chi connectivity index (χ1) is 16.1. The second-order valence-corrected chi connectivity index (χ2v) is 9.36. The molecule has 0 saturated heterocycles. The molecule has 0 bridgehead atoms. The summed E-state index contributed by atoms with van der Waals surface area (Å²) in [6.07, 6.45) is 11.1. The molecule has 172 valence electrons. The molecule has 1 nitrogen and oxygen atoms in total. The van der Waals surface area contributed by atoms with Crippen molar-refractivity contribution in [2.75, 3.05) is 0 Å². The molecule has 0 aliphatic carbocycles. The van der Waals surface area contributed by atoms with Gasteiger partial charge in [0, 0.05) is 10.8 Å². The molecule has 3 aromatic carbocycles. The molecule has 33 heavy (non-hydrogen) atoms. The lowest BCUT2D eigenvalue weighted by Gasteiger charge is -2.10. The molecular formula is C30H33FOS. The van der Waals surface area contributed by atoms with Crippen LogP contribution in [0.3, 0.4) is 0 Å². The van der Waals surface area contributed by atoms with Gasteiger partial charge >= 0.3 is 0 Å². The summed E-state index contributed by atoms with van der Waals surface area (Å²) in [5, 5.41) is 2.55. The molecule has 0 aliphatic heterocycles. The van der Waals surface area contributed by atoms with Gasteiger partial charge in [-0.15, -0.1) is 0 Å². The van der Waals surface area contributed by atoms with Gasteiger partial charge in [0.15, 0.2) is 16.1 Å². The quantitative estimate of drug-likeness (QED) is 0.133. The molecule has 0 spiro atoms. The van der Waals surface area contributed by atoms with E-state index in [0.29, 0.717) is 16.7 Å². The van der Waals surface area contributed by atoms with Gasteiger partial charge in [0.1, 0.15) is 0 Å². The van der Waals surface area contributed by atoms with Crippen molar-refractivity contribution in [2.24, 2.45) is 0 Å². The first kappa shape index (κ1) is 23.6. The second kappa shape index (κ2) is 11.1. The molecule has 4 rings (SSSR count). The van der Waals surface area contributed by atoms with Crippen molar-refractivity contribution in [3.8, 4) is 11.1 Å². The maximum Gasteiger partial charge on any atom is 0.198 e. The number of unbranched alkanes of at least 4 members (excludes halogenated alkanes) is 6. The van der Waals surface area contributed by atoms with Crippen molar-refractivity contribution in [1.82, 2.24) is 0 Å². The molecule has 3 heteroatoms. The zero-order valence-corrected chi connectivity index (χ0v) is 20.6. The number of aryl methyl sites for hydroxylation is 2. The van der Waals surface area contributed by atoms with E-state index in [4.69, 9.17) is 16.6 Å². The highest BCUT2D eigenvalue weighted by molar-refractivity contribution is 7.71. The predicted octanol–water partition coefficient (Wildman–Crippen LogP) is 9.98. The summed E-state index contributed by atoms with van der Waals surface area (Å²) in [5.41, 5.74) is 4.54.